The van der Waals surface area contributed by atoms with Crippen LogP contribution in [0.25, 0.3) is 0 Å². The van der Waals surface area contributed by atoms with Crippen molar-refractivity contribution in [3.63, 3.8) is 0 Å². The van der Waals surface area contributed by atoms with Gasteiger partial charge in [-0.15, -0.1) is 0 Å². The van der Waals surface area contributed by atoms with E-state index in [1.165, 1.54) is 0 Å². The van der Waals surface area contributed by atoms with E-state index in [0.29, 0.717) is 16.5 Å². The van der Waals surface area contributed by atoms with Gasteiger partial charge in [0, 0.05) is 10.0 Å². The molecule has 84 valence electrons. The van der Waals surface area contributed by atoms with E-state index in [0.717, 1.165) is 5.56 Å². The molecule has 0 aliphatic carbocycles. The van der Waals surface area contributed by atoms with E-state index in [-0.39, 0.29) is 12.5 Å². The fourth-order valence-corrected chi connectivity index (χ4v) is 1.99. The first-order valence-electron chi connectivity index (χ1n) is 4.78. The van der Waals surface area contributed by atoms with Crippen LogP contribution in [0, 0.1) is 0 Å². The molecule has 0 radical (unpaired) electrons. The normalized spacial score (nSPS) is 15.0. The third kappa shape index (κ3) is 3.65. The van der Waals surface area contributed by atoms with Crippen LogP contribution >= 0.6 is 23.2 Å². The largest absolute Gasteiger partial charge is 0.394 e. The molecular weight excluding hydrogens is 235 g/mol. The Morgan fingerprint density at radius 3 is 2.60 bits per heavy atom. The number of rotatable bonds is 4. The predicted octanol–water partition coefficient (Wildman–Crippen LogP) is 2.84. The van der Waals surface area contributed by atoms with Crippen molar-refractivity contribution in [3.8, 4) is 0 Å². The molecule has 2 atom stereocenters. The van der Waals surface area contributed by atoms with Gasteiger partial charge in [-0.05, 0) is 36.1 Å². The molecule has 0 fully saturated rings. The molecular formula is C11H14Cl2O2. The van der Waals surface area contributed by atoms with Gasteiger partial charge in [-0.25, -0.2) is 0 Å². The summed E-state index contributed by atoms with van der Waals surface area (Å²) < 4.78 is 0. The molecule has 0 heterocycles. The standard InChI is InChI=1S/C11H14Cl2O2/c1-7(4-9(15)6-14)10-5-8(12)2-3-11(10)13/h2-3,5,7,9,14-15H,4,6H2,1H3. The van der Waals surface area contributed by atoms with Gasteiger partial charge in [0.2, 0.25) is 0 Å². The zero-order valence-corrected chi connectivity index (χ0v) is 9.96. The van der Waals surface area contributed by atoms with E-state index in [9.17, 15) is 5.11 Å². The maximum atomic E-state index is 9.32. The average molecular weight is 249 g/mol. The lowest BCUT2D eigenvalue weighted by molar-refractivity contribution is 0.0835. The molecule has 1 rings (SSSR count). The van der Waals surface area contributed by atoms with Gasteiger partial charge in [0.15, 0.2) is 0 Å². The van der Waals surface area contributed by atoms with Gasteiger partial charge in [0.05, 0.1) is 12.7 Å². The topological polar surface area (TPSA) is 40.5 Å². The lowest BCUT2D eigenvalue weighted by Crippen LogP contribution is -2.15. The quantitative estimate of drug-likeness (QED) is 0.861. The van der Waals surface area contributed by atoms with Crippen LogP contribution in [0.2, 0.25) is 10.0 Å². The van der Waals surface area contributed by atoms with Crippen molar-refractivity contribution in [2.45, 2.75) is 25.4 Å². The third-order valence-corrected chi connectivity index (χ3v) is 2.90. The van der Waals surface area contributed by atoms with Crippen molar-refractivity contribution < 1.29 is 10.2 Å². The Kier molecular flexibility index (Phi) is 4.87. The summed E-state index contributed by atoms with van der Waals surface area (Å²) in [6.45, 7) is 1.71. The van der Waals surface area contributed by atoms with E-state index in [2.05, 4.69) is 0 Å². The molecule has 1 aromatic rings. The van der Waals surface area contributed by atoms with E-state index in [1.807, 2.05) is 6.92 Å². The maximum Gasteiger partial charge on any atom is 0.0776 e. The van der Waals surface area contributed by atoms with Crippen molar-refractivity contribution in [2.24, 2.45) is 0 Å². The van der Waals surface area contributed by atoms with Gasteiger partial charge in [0.25, 0.3) is 0 Å². The van der Waals surface area contributed by atoms with E-state index in [1.54, 1.807) is 18.2 Å². The summed E-state index contributed by atoms with van der Waals surface area (Å²) in [5, 5.41) is 19.3. The molecule has 1 aromatic carbocycles. The van der Waals surface area contributed by atoms with Crippen molar-refractivity contribution in [3.05, 3.63) is 33.8 Å². The van der Waals surface area contributed by atoms with Crippen LogP contribution in [0.1, 0.15) is 24.8 Å². The molecule has 4 heteroatoms. The second-order valence-electron chi connectivity index (χ2n) is 3.64. The Morgan fingerprint density at radius 2 is 2.00 bits per heavy atom. The van der Waals surface area contributed by atoms with E-state index >= 15 is 0 Å². The highest BCUT2D eigenvalue weighted by atomic mass is 35.5. The number of benzene rings is 1. The molecule has 0 bridgehead atoms. The molecule has 2 nitrogen and oxygen atoms in total. The first kappa shape index (κ1) is 12.8. The highest BCUT2D eigenvalue weighted by molar-refractivity contribution is 6.33. The summed E-state index contributed by atoms with van der Waals surface area (Å²) >= 11 is 11.9. The van der Waals surface area contributed by atoms with E-state index < -0.39 is 6.10 Å². The highest BCUT2D eigenvalue weighted by Gasteiger charge is 2.14. The average Bonchev–Trinajstić information content (AvgIpc) is 2.21. The van der Waals surface area contributed by atoms with Crippen LogP contribution < -0.4 is 0 Å². The van der Waals surface area contributed by atoms with E-state index in [4.69, 9.17) is 28.3 Å². The number of hydrogen-bond acceptors (Lipinski definition) is 2. The van der Waals surface area contributed by atoms with Crippen molar-refractivity contribution in [1.82, 2.24) is 0 Å². The van der Waals surface area contributed by atoms with Crippen LogP contribution in [-0.2, 0) is 0 Å². The van der Waals surface area contributed by atoms with Crippen LogP contribution in [0.15, 0.2) is 18.2 Å². The monoisotopic (exact) mass is 248 g/mol. The summed E-state index contributed by atoms with van der Waals surface area (Å²) in [4.78, 5) is 0. The van der Waals surface area contributed by atoms with Crippen molar-refractivity contribution >= 4 is 23.2 Å². The van der Waals surface area contributed by atoms with Crippen molar-refractivity contribution in [2.75, 3.05) is 6.61 Å². The minimum Gasteiger partial charge on any atom is -0.394 e. The molecule has 0 aromatic heterocycles. The second kappa shape index (κ2) is 5.71. The first-order valence-corrected chi connectivity index (χ1v) is 5.54. The maximum absolute atomic E-state index is 9.32. The molecule has 2 N–H and O–H groups in total. The molecule has 2 unspecified atom stereocenters. The van der Waals surface area contributed by atoms with Gasteiger partial charge in [0.1, 0.15) is 0 Å². The van der Waals surface area contributed by atoms with Crippen LogP contribution in [-0.4, -0.2) is 22.9 Å². The van der Waals surface area contributed by atoms with Gasteiger partial charge >= 0.3 is 0 Å². The molecule has 0 saturated heterocycles. The molecule has 0 amide bonds. The van der Waals surface area contributed by atoms with Gasteiger partial charge < -0.3 is 10.2 Å². The molecule has 0 saturated carbocycles. The number of halogens is 2. The molecule has 0 aliphatic rings. The lowest BCUT2D eigenvalue weighted by Gasteiger charge is -2.16. The SMILES string of the molecule is CC(CC(O)CO)c1cc(Cl)ccc1Cl. The third-order valence-electron chi connectivity index (χ3n) is 2.33. The predicted molar refractivity (Wildman–Crippen MR) is 62.6 cm³/mol. The Hall–Kier alpha value is -0.280. The zero-order chi connectivity index (χ0) is 11.4. The molecule has 0 spiro atoms. The van der Waals surface area contributed by atoms with Gasteiger partial charge in [-0.3, -0.25) is 0 Å². The Labute approximate surface area is 99.5 Å². The van der Waals surface area contributed by atoms with Gasteiger partial charge in [-0.1, -0.05) is 30.1 Å². The van der Waals surface area contributed by atoms with Crippen LogP contribution in [0.3, 0.4) is 0 Å². The second-order valence-corrected chi connectivity index (χ2v) is 4.48. The summed E-state index contributed by atoms with van der Waals surface area (Å²) in [7, 11) is 0. The molecule has 0 aliphatic heterocycles. The zero-order valence-electron chi connectivity index (χ0n) is 8.45. The summed E-state index contributed by atoms with van der Waals surface area (Å²) in [6.07, 6.45) is -0.244. The summed E-state index contributed by atoms with van der Waals surface area (Å²) in [6, 6.07) is 5.25. The van der Waals surface area contributed by atoms with Crippen LogP contribution in [0.5, 0.6) is 0 Å². The minimum absolute atomic E-state index is 0.0679. The first-order chi connectivity index (χ1) is 7.04. The summed E-state index contributed by atoms with van der Waals surface area (Å²) in [5.74, 6) is 0.0679. The Morgan fingerprint density at radius 1 is 1.33 bits per heavy atom. The smallest absolute Gasteiger partial charge is 0.0776 e. The number of hydrogen-bond donors (Lipinski definition) is 2. The Balaban J connectivity index is 2.80. The van der Waals surface area contributed by atoms with Crippen LogP contribution in [0.4, 0.5) is 0 Å². The fraction of sp³-hybridized carbons (Fsp3) is 0.455. The van der Waals surface area contributed by atoms with Gasteiger partial charge in [-0.2, -0.15) is 0 Å². The summed E-state index contributed by atoms with van der Waals surface area (Å²) in [5.41, 5.74) is 0.900. The number of aliphatic hydroxyl groups is 2. The highest BCUT2D eigenvalue weighted by Crippen LogP contribution is 2.30. The van der Waals surface area contributed by atoms with Crippen molar-refractivity contribution in [1.29, 1.82) is 0 Å². The molecule has 15 heavy (non-hydrogen) atoms. The Bertz CT molecular complexity index is 328. The lowest BCUT2D eigenvalue weighted by atomic mass is 9.95. The minimum atomic E-state index is -0.713. The fourth-order valence-electron chi connectivity index (χ4n) is 1.50. The number of aliphatic hydroxyl groups excluding tert-OH is 2.